The van der Waals surface area contributed by atoms with Crippen LogP contribution in [0.5, 0.6) is 0 Å². The third-order valence-electron chi connectivity index (χ3n) is 4.58. The Labute approximate surface area is 179 Å². The number of halogens is 3. The highest BCUT2D eigenvalue weighted by molar-refractivity contribution is 5.51. The molecular formula is C23H24F3N5. The van der Waals surface area contributed by atoms with Gasteiger partial charge in [-0.2, -0.15) is 33.6 Å². The van der Waals surface area contributed by atoms with E-state index in [0.29, 0.717) is 11.4 Å². The molecule has 2 aromatic rings. The topological polar surface area (TPSA) is 61.5 Å². The predicted molar refractivity (Wildman–Crippen MR) is 117 cm³/mol. The molecule has 0 amide bonds. The number of hydrogen-bond acceptors (Lipinski definition) is 5. The van der Waals surface area contributed by atoms with Gasteiger partial charge in [-0.1, -0.05) is 31.6 Å². The van der Waals surface area contributed by atoms with Crippen molar-refractivity contribution in [1.29, 1.82) is 0 Å². The van der Waals surface area contributed by atoms with Gasteiger partial charge in [-0.05, 0) is 61.4 Å². The van der Waals surface area contributed by atoms with Crippen molar-refractivity contribution in [3.63, 3.8) is 0 Å². The van der Waals surface area contributed by atoms with E-state index in [9.17, 15) is 13.2 Å². The van der Waals surface area contributed by atoms with E-state index in [-0.39, 0.29) is 6.42 Å². The van der Waals surface area contributed by atoms with Crippen LogP contribution < -0.4 is 5.32 Å². The van der Waals surface area contributed by atoms with Crippen molar-refractivity contribution in [3.05, 3.63) is 72.3 Å². The molecule has 162 valence electrons. The normalized spacial score (nSPS) is 16.8. The van der Waals surface area contributed by atoms with Crippen LogP contribution in [-0.4, -0.2) is 18.8 Å². The van der Waals surface area contributed by atoms with E-state index < -0.39 is 17.8 Å². The fraction of sp³-hybridized carbons (Fsp3) is 0.304. The van der Waals surface area contributed by atoms with Crippen LogP contribution in [0, 0.1) is 0 Å². The van der Waals surface area contributed by atoms with E-state index in [1.807, 2.05) is 24.3 Å². The smallest absolute Gasteiger partial charge is 0.385 e. The van der Waals surface area contributed by atoms with Gasteiger partial charge in [0, 0.05) is 12.2 Å². The minimum atomic E-state index is -4.32. The lowest BCUT2D eigenvalue weighted by atomic mass is 10.0. The van der Waals surface area contributed by atoms with Crippen LogP contribution in [0.15, 0.2) is 92.8 Å². The van der Waals surface area contributed by atoms with Gasteiger partial charge in [0.15, 0.2) is 0 Å². The van der Waals surface area contributed by atoms with Crippen LogP contribution in [0.4, 0.5) is 35.9 Å². The van der Waals surface area contributed by atoms with Crippen LogP contribution in [0.1, 0.15) is 26.2 Å². The third-order valence-corrected chi connectivity index (χ3v) is 4.58. The lowest BCUT2D eigenvalue weighted by molar-refractivity contribution is -0.0886. The second kappa shape index (κ2) is 10.7. The Morgan fingerprint density at radius 3 is 2.00 bits per heavy atom. The van der Waals surface area contributed by atoms with Crippen molar-refractivity contribution in [1.82, 2.24) is 0 Å². The second-order valence-corrected chi connectivity index (χ2v) is 7.08. The van der Waals surface area contributed by atoms with Crippen LogP contribution in [-0.2, 0) is 0 Å². The Balaban J connectivity index is 1.52. The molecule has 1 aliphatic carbocycles. The number of hydrogen-bond donors (Lipinski definition) is 1. The van der Waals surface area contributed by atoms with Gasteiger partial charge in [-0.3, -0.25) is 0 Å². The van der Waals surface area contributed by atoms with E-state index in [1.165, 1.54) is 6.08 Å². The molecule has 0 spiro atoms. The summed E-state index contributed by atoms with van der Waals surface area (Å²) in [6, 6.07) is 14.3. The van der Waals surface area contributed by atoms with E-state index in [1.54, 1.807) is 24.3 Å². The number of nitrogens with one attached hydrogen (secondary N) is 1. The van der Waals surface area contributed by atoms with Gasteiger partial charge in [0.05, 0.1) is 28.7 Å². The maximum absolute atomic E-state index is 12.6. The maximum atomic E-state index is 12.6. The molecule has 1 unspecified atom stereocenters. The molecule has 0 heterocycles. The number of unbranched alkanes of at least 4 members (excludes halogenated alkanes) is 1. The fourth-order valence-electron chi connectivity index (χ4n) is 2.80. The number of alkyl halides is 3. The van der Waals surface area contributed by atoms with Gasteiger partial charge in [-0.25, -0.2) is 0 Å². The third kappa shape index (κ3) is 7.16. The first-order chi connectivity index (χ1) is 14.9. The molecular weight excluding hydrogens is 403 g/mol. The monoisotopic (exact) mass is 427 g/mol. The molecule has 0 aliphatic heterocycles. The van der Waals surface area contributed by atoms with Crippen molar-refractivity contribution in [2.45, 2.75) is 38.4 Å². The zero-order valence-electron chi connectivity index (χ0n) is 17.2. The van der Waals surface area contributed by atoms with Gasteiger partial charge in [0.1, 0.15) is 0 Å². The summed E-state index contributed by atoms with van der Waals surface area (Å²) >= 11 is 0. The Morgan fingerprint density at radius 2 is 1.48 bits per heavy atom. The molecule has 1 N–H and O–H groups in total. The number of allylic oxidation sites excluding steroid dienone is 2. The van der Waals surface area contributed by atoms with Gasteiger partial charge in [-0.15, -0.1) is 0 Å². The Morgan fingerprint density at radius 1 is 0.903 bits per heavy atom. The summed E-state index contributed by atoms with van der Waals surface area (Å²) in [7, 11) is 0. The molecule has 0 aromatic heterocycles. The summed E-state index contributed by atoms with van der Waals surface area (Å²) in [5.74, 6) is 0. The summed E-state index contributed by atoms with van der Waals surface area (Å²) in [4.78, 5) is 0. The summed E-state index contributed by atoms with van der Waals surface area (Å²) in [5, 5.41) is 20.0. The first-order valence-electron chi connectivity index (χ1n) is 10.2. The van der Waals surface area contributed by atoms with Crippen LogP contribution in [0.2, 0.25) is 0 Å². The quantitative estimate of drug-likeness (QED) is 0.335. The van der Waals surface area contributed by atoms with Crippen LogP contribution >= 0.6 is 0 Å². The Kier molecular flexibility index (Phi) is 7.70. The van der Waals surface area contributed by atoms with Gasteiger partial charge >= 0.3 is 6.18 Å². The first kappa shape index (κ1) is 22.4. The van der Waals surface area contributed by atoms with Crippen molar-refractivity contribution in [3.8, 4) is 0 Å². The van der Waals surface area contributed by atoms with E-state index >= 15 is 0 Å². The highest BCUT2D eigenvalue weighted by Gasteiger charge is 2.32. The zero-order chi connectivity index (χ0) is 22.1. The first-order valence-corrected chi connectivity index (χ1v) is 10.2. The maximum Gasteiger partial charge on any atom is 0.416 e. The molecule has 0 fully saturated rings. The van der Waals surface area contributed by atoms with Gasteiger partial charge in [0.2, 0.25) is 0 Å². The minimum absolute atomic E-state index is 0.175. The molecule has 0 radical (unpaired) electrons. The zero-order valence-corrected chi connectivity index (χ0v) is 17.2. The van der Waals surface area contributed by atoms with Crippen LogP contribution in [0.3, 0.4) is 0 Å². The molecule has 0 bridgehead atoms. The van der Waals surface area contributed by atoms with Gasteiger partial charge in [0.25, 0.3) is 0 Å². The number of benzene rings is 2. The van der Waals surface area contributed by atoms with Crippen molar-refractivity contribution in [2.75, 3.05) is 11.9 Å². The molecule has 3 rings (SSSR count). The van der Waals surface area contributed by atoms with Crippen molar-refractivity contribution < 1.29 is 13.2 Å². The van der Waals surface area contributed by atoms with Crippen molar-refractivity contribution >= 4 is 22.7 Å². The average Bonchev–Trinajstić information content (AvgIpc) is 2.78. The fourth-order valence-corrected chi connectivity index (χ4v) is 2.80. The molecule has 5 nitrogen and oxygen atoms in total. The minimum Gasteiger partial charge on any atom is -0.385 e. The molecule has 8 heteroatoms. The highest BCUT2D eigenvalue weighted by Crippen LogP contribution is 2.30. The molecule has 0 saturated carbocycles. The van der Waals surface area contributed by atoms with Crippen LogP contribution in [0.25, 0.3) is 0 Å². The summed E-state index contributed by atoms with van der Waals surface area (Å²) in [6.07, 6.45) is 1.73. The van der Waals surface area contributed by atoms with E-state index in [4.69, 9.17) is 0 Å². The standard InChI is InChI=1S/C23H24F3N5/c1-2-3-16-27-18-8-10-20(11-9-18)29-31-22-14-12-21(13-15-22)30-28-19-6-4-17(5-7-19)23(24,25)26/h4-6,8-15,19,27H,2-3,7,16H2,1H3. The predicted octanol–water partition coefficient (Wildman–Crippen LogP) is 8.21. The largest absolute Gasteiger partial charge is 0.416 e. The molecule has 31 heavy (non-hydrogen) atoms. The molecule has 1 aliphatic rings. The Hall–Kier alpha value is -3.29. The number of nitrogens with zero attached hydrogens (tertiary/aromatic N) is 4. The number of rotatable bonds is 8. The van der Waals surface area contributed by atoms with E-state index in [0.717, 1.165) is 42.9 Å². The Bertz CT molecular complexity index is 958. The SMILES string of the molecule is CCCCNc1ccc(N=Nc2ccc(N=NC3C=CC(C(F)(F)F)=CC3)cc2)cc1. The highest BCUT2D eigenvalue weighted by atomic mass is 19.4. The summed E-state index contributed by atoms with van der Waals surface area (Å²) in [5.41, 5.74) is 2.43. The number of anilines is 1. The van der Waals surface area contributed by atoms with Gasteiger partial charge < -0.3 is 5.32 Å². The molecule has 2 aromatic carbocycles. The number of azo groups is 2. The summed E-state index contributed by atoms with van der Waals surface area (Å²) < 4.78 is 37.8. The molecule has 1 atom stereocenters. The summed E-state index contributed by atoms with van der Waals surface area (Å²) in [6.45, 7) is 3.10. The second-order valence-electron chi connectivity index (χ2n) is 7.08. The van der Waals surface area contributed by atoms with Crippen molar-refractivity contribution in [2.24, 2.45) is 20.5 Å². The average molecular weight is 427 g/mol. The molecule has 0 saturated heterocycles. The lowest BCUT2D eigenvalue weighted by Gasteiger charge is -2.13. The lowest BCUT2D eigenvalue weighted by Crippen LogP contribution is -2.14. The van der Waals surface area contributed by atoms with E-state index in [2.05, 4.69) is 32.7 Å².